The second-order valence-corrected chi connectivity index (χ2v) is 4.36. The summed E-state index contributed by atoms with van der Waals surface area (Å²) in [5.41, 5.74) is 6.19. The normalized spacial score (nSPS) is 30.4. The van der Waals surface area contributed by atoms with E-state index in [1.54, 1.807) is 18.2 Å². The molecule has 2 atom stereocenters. The molecule has 0 spiro atoms. The first-order valence-electron chi connectivity index (χ1n) is 4.83. The van der Waals surface area contributed by atoms with Gasteiger partial charge >= 0.3 is 0 Å². The lowest BCUT2D eigenvalue weighted by Crippen LogP contribution is -2.23. The van der Waals surface area contributed by atoms with Crippen molar-refractivity contribution in [2.45, 2.75) is 25.3 Å². The minimum atomic E-state index is -0.469. The zero-order chi connectivity index (χ0) is 10.3. The first-order chi connectivity index (χ1) is 6.59. The van der Waals surface area contributed by atoms with Crippen molar-refractivity contribution in [3.8, 4) is 0 Å². The van der Waals surface area contributed by atoms with E-state index in [2.05, 4.69) is 6.92 Å². The molecule has 3 heteroatoms. The number of rotatable bonds is 2. The van der Waals surface area contributed by atoms with Crippen molar-refractivity contribution in [3.05, 3.63) is 34.6 Å². The zero-order valence-corrected chi connectivity index (χ0v) is 8.81. The van der Waals surface area contributed by atoms with Crippen LogP contribution in [0.15, 0.2) is 18.2 Å². The molecule has 0 heterocycles. The highest BCUT2D eigenvalue weighted by molar-refractivity contribution is 6.30. The molecule has 0 amide bonds. The average Bonchev–Trinajstić information content (AvgIpc) is 2.83. The van der Waals surface area contributed by atoms with E-state index >= 15 is 0 Å². The fourth-order valence-electron chi connectivity index (χ4n) is 2.05. The Morgan fingerprint density at radius 3 is 2.93 bits per heavy atom. The topological polar surface area (TPSA) is 26.0 Å². The van der Waals surface area contributed by atoms with Gasteiger partial charge in [-0.1, -0.05) is 37.1 Å². The van der Waals surface area contributed by atoms with Gasteiger partial charge in [-0.25, -0.2) is 4.39 Å². The second kappa shape index (κ2) is 3.21. The van der Waals surface area contributed by atoms with Crippen LogP contribution in [0.25, 0.3) is 0 Å². The van der Waals surface area contributed by atoms with Crippen LogP contribution in [0.5, 0.6) is 0 Å². The molecule has 1 aliphatic rings. The Hall–Kier alpha value is -0.600. The summed E-state index contributed by atoms with van der Waals surface area (Å²) >= 11 is 5.71. The van der Waals surface area contributed by atoms with E-state index in [1.807, 2.05) is 0 Å². The first-order valence-corrected chi connectivity index (χ1v) is 5.20. The van der Waals surface area contributed by atoms with Crippen molar-refractivity contribution < 1.29 is 4.39 Å². The maximum Gasteiger partial charge on any atom is 0.146 e. The van der Waals surface area contributed by atoms with Gasteiger partial charge in [-0.3, -0.25) is 0 Å². The Morgan fingerprint density at radius 2 is 2.36 bits per heavy atom. The van der Waals surface area contributed by atoms with Crippen LogP contribution < -0.4 is 5.73 Å². The Balaban J connectivity index is 2.39. The monoisotopic (exact) mass is 213 g/mol. The van der Waals surface area contributed by atoms with Gasteiger partial charge in [0.2, 0.25) is 0 Å². The van der Waals surface area contributed by atoms with Crippen LogP contribution in [-0.2, 0) is 5.54 Å². The molecule has 1 aromatic carbocycles. The van der Waals surface area contributed by atoms with Crippen LogP contribution >= 0.6 is 11.6 Å². The summed E-state index contributed by atoms with van der Waals surface area (Å²) in [4.78, 5) is 0. The molecule has 76 valence electrons. The summed E-state index contributed by atoms with van der Waals surface area (Å²) in [5.74, 6) is 0.0445. The molecular formula is C11H13ClFN. The number of halogens is 2. The van der Waals surface area contributed by atoms with Crippen molar-refractivity contribution in [2.75, 3.05) is 0 Å². The maximum atomic E-state index is 13.6. The SMILES string of the molecule is CCC1CC1(N)c1cccc(Cl)c1F. The first kappa shape index (κ1) is 9.94. The number of hydrogen-bond acceptors (Lipinski definition) is 1. The third kappa shape index (κ3) is 1.33. The third-order valence-electron chi connectivity index (χ3n) is 3.10. The van der Waals surface area contributed by atoms with Crippen LogP contribution in [0.2, 0.25) is 5.02 Å². The van der Waals surface area contributed by atoms with Crippen molar-refractivity contribution in [2.24, 2.45) is 11.7 Å². The van der Waals surface area contributed by atoms with E-state index in [-0.39, 0.29) is 10.8 Å². The van der Waals surface area contributed by atoms with Crippen molar-refractivity contribution in [3.63, 3.8) is 0 Å². The van der Waals surface area contributed by atoms with Gasteiger partial charge in [0.25, 0.3) is 0 Å². The van der Waals surface area contributed by atoms with E-state index in [1.165, 1.54) is 0 Å². The summed E-state index contributed by atoms with van der Waals surface area (Å²) in [7, 11) is 0. The summed E-state index contributed by atoms with van der Waals surface area (Å²) in [6.45, 7) is 2.07. The molecule has 0 aromatic heterocycles. The minimum Gasteiger partial charge on any atom is -0.321 e. The lowest BCUT2D eigenvalue weighted by molar-refractivity contribution is 0.546. The van der Waals surface area contributed by atoms with Gasteiger partial charge in [0, 0.05) is 11.1 Å². The maximum absolute atomic E-state index is 13.6. The Labute approximate surface area is 88.1 Å². The Kier molecular flexibility index (Phi) is 2.28. The van der Waals surface area contributed by atoms with Gasteiger partial charge in [0.05, 0.1) is 5.02 Å². The smallest absolute Gasteiger partial charge is 0.146 e. The minimum absolute atomic E-state index is 0.161. The molecule has 2 unspecified atom stereocenters. The molecule has 1 fully saturated rings. The van der Waals surface area contributed by atoms with Crippen LogP contribution in [0, 0.1) is 11.7 Å². The van der Waals surface area contributed by atoms with Gasteiger partial charge < -0.3 is 5.73 Å². The molecule has 14 heavy (non-hydrogen) atoms. The van der Waals surface area contributed by atoms with E-state index in [9.17, 15) is 4.39 Å². The highest BCUT2D eigenvalue weighted by Crippen LogP contribution is 2.52. The van der Waals surface area contributed by atoms with Crippen molar-refractivity contribution in [1.82, 2.24) is 0 Å². The summed E-state index contributed by atoms with van der Waals surface area (Å²) in [5, 5.41) is 0.161. The molecule has 2 N–H and O–H groups in total. The van der Waals surface area contributed by atoms with Crippen LogP contribution in [-0.4, -0.2) is 0 Å². The van der Waals surface area contributed by atoms with Crippen molar-refractivity contribution in [1.29, 1.82) is 0 Å². The quantitative estimate of drug-likeness (QED) is 0.803. The predicted octanol–water partition coefficient (Wildman–Crippen LogP) is 3.06. The van der Waals surface area contributed by atoms with Crippen LogP contribution in [0.4, 0.5) is 4.39 Å². The Bertz CT molecular complexity index is 366. The summed E-state index contributed by atoms with van der Waals surface area (Å²) in [6.07, 6.45) is 1.85. The second-order valence-electron chi connectivity index (χ2n) is 3.95. The van der Waals surface area contributed by atoms with E-state index in [0.29, 0.717) is 11.5 Å². The molecule has 1 aliphatic carbocycles. The predicted molar refractivity (Wildman–Crippen MR) is 55.7 cm³/mol. The summed E-state index contributed by atoms with van der Waals surface area (Å²) in [6, 6.07) is 5.03. The standard InChI is InChI=1S/C11H13ClFN/c1-2-7-6-11(7,14)8-4-3-5-9(12)10(8)13/h3-5,7H,2,6,14H2,1H3. The van der Waals surface area contributed by atoms with E-state index in [4.69, 9.17) is 17.3 Å². The van der Waals surface area contributed by atoms with Crippen molar-refractivity contribution >= 4 is 11.6 Å². The molecule has 1 nitrogen and oxygen atoms in total. The van der Waals surface area contributed by atoms with E-state index < -0.39 is 5.54 Å². The van der Waals surface area contributed by atoms with Gasteiger partial charge in [-0.15, -0.1) is 0 Å². The lowest BCUT2D eigenvalue weighted by Gasteiger charge is -2.13. The number of benzene rings is 1. The van der Waals surface area contributed by atoms with Gasteiger partial charge in [0.1, 0.15) is 5.82 Å². The van der Waals surface area contributed by atoms with Gasteiger partial charge in [-0.2, -0.15) is 0 Å². The summed E-state index contributed by atoms with van der Waals surface area (Å²) < 4.78 is 13.6. The molecule has 1 aromatic rings. The van der Waals surface area contributed by atoms with Gasteiger partial charge in [0.15, 0.2) is 0 Å². The molecular weight excluding hydrogens is 201 g/mol. The average molecular weight is 214 g/mol. The highest BCUT2D eigenvalue weighted by atomic mass is 35.5. The van der Waals surface area contributed by atoms with Crippen LogP contribution in [0.3, 0.4) is 0 Å². The molecule has 0 bridgehead atoms. The molecule has 0 aliphatic heterocycles. The number of hydrogen-bond donors (Lipinski definition) is 1. The molecule has 0 radical (unpaired) electrons. The van der Waals surface area contributed by atoms with E-state index in [0.717, 1.165) is 12.8 Å². The zero-order valence-electron chi connectivity index (χ0n) is 8.06. The fraction of sp³-hybridized carbons (Fsp3) is 0.455. The highest BCUT2D eigenvalue weighted by Gasteiger charge is 2.52. The largest absolute Gasteiger partial charge is 0.321 e. The fourth-order valence-corrected chi connectivity index (χ4v) is 2.23. The number of nitrogens with two attached hydrogens (primary N) is 1. The molecule has 0 saturated heterocycles. The third-order valence-corrected chi connectivity index (χ3v) is 3.39. The molecule has 1 saturated carbocycles. The Morgan fingerprint density at radius 1 is 1.64 bits per heavy atom. The lowest BCUT2D eigenvalue weighted by atomic mass is 10.0. The van der Waals surface area contributed by atoms with Crippen LogP contribution in [0.1, 0.15) is 25.3 Å². The van der Waals surface area contributed by atoms with Gasteiger partial charge in [-0.05, 0) is 18.4 Å². The molecule has 2 rings (SSSR count).